The molecule has 0 aliphatic rings. The van der Waals surface area contributed by atoms with Gasteiger partial charge >= 0.3 is 0 Å². The van der Waals surface area contributed by atoms with E-state index in [-0.39, 0.29) is 18.2 Å². The Labute approximate surface area is 112 Å². The highest BCUT2D eigenvalue weighted by molar-refractivity contribution is 5.91. The number of carbonyl (C=O) groups excluding carboxylic acids is 1. The number of aliphatic hydroxyl groups is 1. The summed E-state index contributed by atoms with van der Waals surface area (Å²) in [6, 6.07) is 4.06. The Balaban J connectivity index is 2.37. The molecule has 1 rings (SSSR count). The van der Waals surface area contributed by atoms with Gasteiger partial charge in [0.15, 0.2) is 0 Å². The number of halogens is 1. The van der Waals surface area contributed by atoms with E-state index in [9.17, 15) is 9.18 Å². The van der Waals surface area contributed by atoms with Gasteiger partial charge in [-0.25, -0.2) is 4.39 Å². The van der Waals surface area contributed by atoms with Crippen molar-refractivity contribution in [2.24, 2.45) is 0 Å². The summed E-state index contributed by atoms with van der Waals surface area (Å²) in [5.74, 6) is -0.748. The number of nitrogens with one attached hydrogen (secondary N) is 1. The van der Waals surface area contributed by atoms with Gasteiger partial charge in [-0.05, 0) is 38.2 Å². The van der Waals surface area contributed by atoms with Gasteiger partial charge in [0.2, 0.25) is 5.91 Å². The summed E-state index contributed by atoms with van der Waals surface area (Å²) in [4.78, 5) is 13.6. The van der Waals surface area contributed by atoms with E-state index in [0.29, 0.717) is 31.6 Å². The van der Waals surface area contributed by atoms with Gasteiger partial charge in [0.05, 0.1) is 12.3 Å². The molecule has 0 bridgehead atoms. The third-order valence-electron chi connectivity index (χ3n) is 2.69. The number of hydrogen-bond acceptors (Lipinski definition) is 4. The highest BCUT2D eigenvalue weighted by atomic mass is 19.1. The summed E-state index contributed by atoms with van der Waals surface area (Å²) < 4.78 is 13.4. The number of carbonyl (C=O) groups is 1. The first-order chi connectivity index (χ1) is 9.02. The minimum Gasteiger partial charge on any atom is -0.399 e. The quantitative estimate of drug-likeness (QED) is 0.647. The lowest BCUT2D eigenvalue weighted by molar-refractivity contribution is -0.116. The number of aliphatic hydroxyl groups excluding tert-OH is 1. The Morgan fingerprint density at radius 1 is 1.47 bits per heavy atom. The van der Waals surface area contributed by atoms with Crippen LogP contribution in [0.2, 0.25) is 0 Å². The topological polar surface area (TPSA) is 78.6 Å². The average Bonchev–Trinajstić information content (AvgIpc) is 2.34. The molecule has 4 N–H and O–H groups in total. The summed E-state index contributed by atoms with van der Waals surface area (Å²) in [7, 11) is 1.87. The number of rotatable bonds is 7. The Morgan fingerprint density at radius 2 is 2.21 bits per heavy atom. The lowest BCUT2D eigenvalue weighted by Gasteiger charge is -2.14. The molecule has 0 fully saturated rings. The molecule has 0 atom stereocenters. The summed E-state index contributed by atoms with van der Waals surface area (Å²) in [5.41, 5.74) is 6.04. The van der Waals surface area contributed by atoms with E-state index in [1.807, 2.05) is 11.9 Å². The number of hydrogen-bond donors (Lipinski definition) is 3. The van der Waals surface area contributed by atoms with E-state index >= 15 is 0 Å². The fourth-order valence-electron chi connectivity index (χ4n) is 1.64. The van der Waals surface area contributed by atoms with Crippen molar-refractivity contribution in [3.63, 3.8) is 0 Å². The van der Waals surface area contributed by atoms with Gasteiger partial charge in [-0.3, -0.25) is 4.79 Å². The molecule has 106 valence electrons. The second kappa shape index (κ2) is 7.70. The summed E-state index contributed by atoms with van der Waals surface area (Å²) in [6.45, 7) is 1.37. The van der Waals surface area contributed by atoms with E-state index in [4.69, 9.17) is 10.8 Å². The molecule has 0 aliphatic carbocycles. The highest BCUT2D eigenvalue weighted by Gasteiger charge is 2.07. The lowest BCUT2D eigenvalue weighted by atomic mass is 10.2. The minimum atomic E-state index is -0.500. The van der Waals surface area contributed by atoms with Crippen LogP contribution in [0.4, 0.5) is 15.8 Å². The van der Waals surface area contributed by atoms with Crippen molar-refractivity contribution < 1.29 is 14.3 Å². The lowest BCUT2D eigenvalue weighted by Crippen LogP contribution is -2.24. The molecular weight excluding hydrogens is 249 g/mol. The molecule has 0 unspecified atom stereocenters. The Bertz CT molecular complexity index is 426. The van der Waals surface area contributed by atoms with Crippen LogP contribution in [0.5, 0.6) is 0 Å². The van der Waals surface area contributed by atoms with Gasteiger partial charge in [0.25, 0.3) is 0 Å². The Hall–Kier alpha value is -1.66. The summed E-state index contributed by atoms with van der Waals surface area (Å²) in [6.07, 6.45) is 0.941. The number of nitrogens with two attached hydrogens (primary N) is 1. The highest BCUT2D eigenvalue weighted by Crippen LogP contribution is 2.17. The van der Waals surface area contributed by atoms with E-state index < -0.39 is 5.82 Å². The number of nitrogens with zero attached hydrogens (tertiary/aromatic N) is 1. The average molecular weight is 269 g/mol. The van der Waals surface area contributed by atoms with Crippen molar-refractivity contribution in [2.75, 3.05) is 37.8 Å². The van der Waals surface area contributed by atoms with Gasteiger partial charge in [-0.2, -0.15) is 0 Å². The van der Waals surface area contributed by atoms with Crippen LogP contribution in [0.1, 0.15) is 12.8 Å². The summed E-state index contributed by atoms with van der Waals surface area (Å²) in [5, 5.41) is 11.2. The molecule has 1 aromatic rings. The van der Waals surface area contributed by atoms with Crippen LogP contribution in [-0.4, -0.2) is 42.7 Å². The molecule has 0 spiro atoms. The van der Waals surface area contributed by atoms with Crippen LogP contribution in [0.25, 0.3) is 0 Å². The Kier molecular flexibility index (Phi) is 6.24. The molecule has 0 saturated heterocycles. The molecule has 5 nitrogen and oxygen atoms in total. The van der Waals surface area contributed by atoms with E-state index in [0.717, 1.165) is 0 Å². The smallest absolute Gasteiger partial charge is 0.224 e. The van der Waals surface area contributed by atoms with Crippen molar-refractivity contribution in [1.82, 2.24) is 4.90 Å². The maximum Gasteiger partial charge on any atom is 0.224 e. The predicted molar refractivity (Wildman–Crippen MR) is 73.3 cm³/mol. The SMILES string of the molecule is CN(CCO)CCCC(=O)Nc1cc(N)ccc1F. The first-order valence-corrected chi connectivity index (χ1v) is 6.17. The van der Waals surface area contributed by atoms with Gasteiger partial charge in [-0.15, -0.1) is 0 Å². The maximum atomic E-state index is 13.4. The third-order valence-corrected chi connectivity index (χ3v) is 2.69. The van der Waals surface area contributed by atoms with Gasteiger partial charge in [0.1, 0.15) is 5.82 Å². The summed E-state index contributed by atoms with van der Waals surface area (Å²) >= 11 is 0. The third kappa shape index (κ3) is 5.67. The van der Waals surface area contributed by atoms with Gasteiger partial charge in [0, 0.05) is 18.7 Å². The Morgan fingerprint density at radius 3 is 2.89 bits per heavy atom. The number of amides is 1. The van der Waals surface area contributed by atoms with E-state index in [2.05, 4.69) is 5.32 Å². The van der Waals surface area contributed by atoms with Gasteiger partial charge < -0.3 is 21.1 Å². The molecule has 1 aromatic carbocycles. The fraction of sp³-hybridized carbons (Fsp3) is 0.462. The van der Waals surface area contributed by atoms with Crippen molar-refractivity contribution >= 4 is 17.3 Å². The molecule has 6 heteroatoms. The second-order valence-corrected chi connectivity index (χ2v) is 4.42. The molecule has 19 heavy (non-hydrogen) atoms. The number of likely N-dealkylation sites (N-methyl/N-ethyl adjacent to an activating group) is 1. The monoisotopic (exact) mass is 269 g/mol. The molecule has 0 radical (unpaired) electrons. The molecule has 0 aliphatic heterocycles. The van der Waals surface area contributed by atoms with E-state index in [1.165, 1.54) is 18.2 Å². The first-order valence-electron chi connectivity index (χ1n) is 6.17. The van der Waals surface area contributed by atoms with Crippen LogP contribution >= 0.6 is 0 Å². The largest absolute Gasteiger partial charge is 0.399 e. The molecule has 1 amide bonds. The number of nitrogen functional groups attached to an aromatic ring is 1. The standard InChI is InChI=1S/C13H20FN3O2/c1-17(7-8-18)6-2-3-13(19)16-12-9-10(15)4-5-11(12)14/h4-5,9,18H,2-3,6-8,15H2,1H3,(H,16,19). The molecular formula is C13H20FN3O2. The van der Waals surface area contributed by atoms with Crippen molar-refractivity contribution in [3.8, 4) is 0 Å². The van der Waals surface area contributed by atoms with Crippen LogP contribution in [0.15, 0.2) is 18.2 Å². The predicted octanol–water partition coefficient (Wildman–Crippen LogP) is 1.05. The minimum absolute atomic E-state index is 0.0944. The van der Waals surface area contributed by atoms with Crippen LogP contribution in [0.3, 0.4) is 0 Å². The first kappa shape index (κ1) is 15.4. The zero-order valence-electron chi connectivity index (χ0n) is 11.0. The van der Waals surface area contributed by atoms with E-state index in [1.54, 1.807) is 0 Å². The molecule has 0 aromatic heterocycles. The number of benzene rings is 1. The molecule has 0 saturated carbocycles. The zero-order chi connectivity index (χ0) is 14.3. The zero-order valence-corrected chi connectivity index (χ0v) is 11.0. The van der Waals surface area contributed by atoms with Crippen LogP contribution < -0.4 is 11.1 Å². The maximum absolute atomic E-state index is 13.4. The van der Waals surface area contributed by atoms with Gasteiger partial charge in [-0.1, -0.05) is 0 Å². The molecule has 0 heterocycles. The number of anilines is 2. The van der Waals surface area contributed by atoms with Crippen LogP contribution in [-0.2, 0) is 4.79 Å². The normalized spacial score (nSPS) is 10.7. The van der Waals surface area contributed by atoms with Crippen molar-refractivity contribution in [1.29, 1.82) is 0 Å². The van der Waals surface area contributed by atoms with Crippen molar-refractivity contribution in [3.05, 3.63) is 24.0 Å². The second-order valence-electron chi connectivity index (χ2n) is 4.42. The van der Waals surface area contributed by atoms with Crippen molar-refractivity contribution in [2.45, 2.75) is 12.8 Å². The fourth-order valence-corrected chi connectivity index (χ4v) is 1.64. The van der Waals surface area contributed by atoms with Crippen LogP contribution in [0, 0.1) is 5.82 Å².